The van der Waals surface area contributed by atoms with E-state index in [0.29, 0.717) is 5.69 Å². The molecule has 4 nitrogen and oxygen atoms in total. The van der Waals surface area contributed by atoms with Gasteiger partial charge in [0.05, 0.1) is 10.6 Å². The predicted molar refractivity (Wildman–Crippen MR) is 108 cm³/mol. The van der Waals surface area contributed by atoms with E-state index >= 15 is 0 Å². The van der Waals surface area contributed by atoms with Crippen molar-refractivity contribution in [1.82, 2.24) is 0 Å². The Morgan fingerprint density at radius 1 is 1.19 bits per heavy atom. The first-order chi connectivity index (χ1) is 12.3. The minimum absolute atomic E-state index is 0.0349. The van der Waals surface area contributed by atoms with Crippen LogP contribution in [0.5, 0.6) is 5.75 Å². The van der Waals surface area contributed by atoms with E-state index in [1.165, 1.54) is 0 Å². The van der Waals surface area contributed by atoms with Gasteiger partial charge in [0.25, 0.3) is 5.91 Å². The van der Waals surface area contributed by atoms with Gasteiger partial charge >= 0.3 is 0 Å². The van der Waals surface area contributed by atoms with Crippen molar-refractivity contribution in [2.24, 2.45) is 0 Å². The van der Waals surface area contributed by atoms with Crippen LogP contribution in [0.3, 0.4) is 0 Å². The van der Waals surface area contributed by atoms with Gasteiger partial charge in [0, 0.05) is 5.69 Å². The lowest BCUT2D eigenvalue weighted by molar-refractivity contribution is -0.112. The van der Waals surface area contributed by atoms with Crippen LogP contribution in [0, 0.1) is 25.2 Å². The van der Waals surface area contributed by atoms with Crippen molar-refractivity contribution in [2.75, 3.05) is 5.32 Å². The van der Waals surface area contributed by atoms with E-state index in [4.69, 9.17) is 4.74 Å². The number of nitrogens with one attached hydrogen (secondary N) is 1. The molecule has 0 unspecified atom stereocenters. The number of nitriles is 1. The molecule has 0 radical (unpaired) electrons. The molecule has 0 fully saturated rings. The third-order valence-electron chi connectivity index (χ3n) is 3.76. The lowest BCUT2D eigenvalue weighted by atomic mass is 10.1. The fraction of sp³-hybridized carbons (Fsp3) is 0.238. The Balaban J connectivity index is 2.21. The summed E-state index contributed by atoms with van der Waals surface area (Å²) in [6.07, 6.45) is 1.62. The van der Waals surface area contributed by atoms with Crippen molar-refractivity contribution in [3.8, 4) is 11.8 Å². The van der Waals surface area contributed by atoms with Crippen molar-refractivity contribution in [3.05, 3.63) is 63.1 Å². The quantitative estimate of drug-likeness (QED) is 0.528. The number of aryl methyl sites for hydroxylation is 2. The molecule has 0 aliphatic carbocycles. The van der Waals surface area contributed by atoms with Crippen molar-refractivity contribution >= 4 is 33.6 Å². The zero-order chi connectivity index (χ0) is 19.3. The molecular formula is C21H21BrN2O2. The number of ether oxygens (including phenoxy) is 1. The second-order valence-corrected chi connectivity index (χ2v) is 7.13. The molecule has 5 heteroatoms. The molecule has 2 rings (SSSR count). The zero-order valence-corrected chi connectivity index (χ0v) is 16.8. The molecule has 2 aromatic carbocycles. The van der Waals surface area contributed by atoms with Gasteiger partial charge in [-0.1, -0.05) is 12.1 Å². The molecule has 0 atom stereocenters. The predicted octanol–water partition coefficient (Wildman–Crippen LogP) is 5.40. The topological polar surface area (TPSA) is 62.1 Å². The summed E-state index contributed by atoms with van der Waals surface area (Å²) >= 11 is 3.46. The number of anilines is 1. The molecular weight excluding hydrogens is 392 g/mol. The van der Waals surface area contributed by atoms with Crippen LogP contribution in [0.2, 0.25) is 0 Å². The molecule has 0 heterocycles. The molecule has 0 saturated heterocycles. The lowest BCUT2D eigenvalue weighted by Gasteiger charge is -2.12. The van der Waals surface area contributed by atoms with Crippen LogP contribution in [0.1, 0.15) is 30.5 Å². The summed E-state index contributed by atoms with van der Waals surface area (Å²) < 4.78 is 6.44. The standard InChI is InChI=1S/C21H21BrN2O2/c1-13(2)26-20-8-6-16(11-19(20)22)10-17(12-23)21(25)24-18-7-5-14(3)15(4)9-18/h5-11,13H,1-4H3,(H,24,25)/b17-10+. The van der Waals surface area contributed by atoms with Crippen LogP contribution in [0.15, 0.2) is 46.4 Å². The maximum absolute atomic E-state index is 12.4. The molecule has 0 spiro atoms. The number of hydrogen-bond donors (Lipinski definition) is 1. The molecule has 0 aliphatic rings. The Morgan fingerprint density at radius 2 is 1.92 bits per heavy atom. The first-order valence-corrected chi connectivity index (χ1v) is 9.06. The lowest BCUT2D eigenvalue weighted by Crippen LogP contribution is -2.13. The van der Waals surface area contributed by atoms with Crippen LogP contribution in [-0.2, 0) is 4.79 Å². The molecule has 0 saturated carbocycles. The van der Waals surface area contributed by atoms with Gasteiger partial charge < -0.3 is 10.1 Å². The van der Waals surface area contributed by atoms with Crippen molar-refractivity contribution in [3.63, 3.8) is 0 Å². The van der Waals surface area contributed by atoms with Crippen LogP contribution in [0.25, 0.3) is 6.08 Å². The van der Waals surface area contributed by atoms with Gasteiger partial charge in [-0.2, -0.15) is 5.26 Å². The minimum Gasteiger partial charge on any atom is -0.490 e. The smallest absolute Gasteiger partial charge is 0.266 e. The van der Waals surface area contributed by atoms with Crippen molar-refractivity contribution < 1.29 is 9.53 Å². The van der Waals surface area contributed by atoms with Gasteiger partial charge in [0.15, 0.2) is 0 Å². The summed E-state index contributed by atoms with van der Waals surface area (Å²) in [4.78, 5) is 12.4. The molecule has 0 aliphatic heterocycles. The van der Waals surface area contributed by atoms with E-state index in [1.807, 2.05) is 70.2 Å². The number of carbonyl (C=O) groups excluding carboxylic acids is 1. The van der Waals surface area contributed by atoms with Gasteiger partial charge in [0.1, 0.15) is 17.4 Å². The fourth-order valence-corrected chi connectivity index (χ4v) is 2.78. The Bertz CT molecular complexity index is 895. The monoisotopic (exact) mass is 412 g/mol. The molecule has 2 aromatic rings. The van der Waals surface area contributed by atoms with Gasteiger partial charge in [-0.3, -0.25) is 4.79 Å². The fourth-order valence-electron chi connectivity index (χ4n) is 2.29. The molecule has 1 N–H and O–H groups in total. The van der Waals surface area contributed by atoms with E-state index < -0.39 is 5.91 Å². The molecule has 0 aromatic heterocycles. The summed E-state index contributed by atoms with van der Waals surface area (Å²) in [5.41, 5.74) is 3.66. The van der Waals surface area contributed by atoms with E-state index in [0.717, 1.165) is 26.9 Å². The van der Waals surface area contributed by atoms with Gasteiger partial charge in [-0.15, -0.1) is 0 Å². The van der Waals surface area contributed by atoms with E-state index in [2.05, 4.69) is 21.2 Å². The summed E-state index contributed by atoms with van der Waals surface area (Å²) in [6, 6.07) is 13.0. The first kappa shape index (κ1) is 19.7. The van der Waals surface area contributed by atoms with Crippen LogP contribution in [0.4, 0.5) is 5.69 Å². The average Bonchev–Trinajstić information content (AvgIpc) is 2.58. The Hall–Kier alpha value is -2.58. The largest absolute Gasteiger partial charge is 0.490 e. The van der Waals surface area contributed by atoms with Crippen molar-refractivity contribution in [1.29, 1.82) is 5.26 Å². The highest BCUT2D eigenvalue weighted by Gasteiger charge is 2.11. The Kier molecular flexibility index (Phi) is 6.59. The number of hydrogen-bond acceptors (Lipinski definition) is 3. The number of amides is 1. The van der Waals surface area contributed by atoms with E-state index in [1.54, 1.807) is 6.08 Å². The number of benzene rings is 2. The van der Waals surface area contributed by atoms with Crippen LogP contribution >= 0.6 is 15.9 Å². The number of halogens is 1. The normalized spacial score (nSPS) is 11.2. The average molecular weight is 413 g/mol. The summed E-state index contributed by atoms with van der Waals surface area (Å²) in [7, 11) is 0. The third kappa shape index (κ3) is 5.21. The maximum Gasteiger partial charge on any atom is 0.266 e. The highest BCUT2D eigenvalue weighted by molar-refractivity contribution is 9.10. The molecule has 134 valence electrons. The van der Waals surface area contributed by atoms with Gasteiger partial charge in [0.2, 0.25) is 0 Å². The SMILES string of the molecule is Cc1ccc(NC(=O)/C(C#N)=C/c2ccc(OC(C)C)c(Br)c2)cc1C. The second-order valence-electron chi connectivity index (χ2n) is 6.28. The molecule has 1 amide bonds. The van der Waals surface area contributed by atoms with E-state index in [-0.39, 0.29) is 11.7 Å². The summed E-state index contributed by atoms with van der Waals surface area (Å²) in [6.45, 7) is 7.88. The van der Waals surface area contributed by atoms with Crippen LogP contribution in [-0.4, -0.2) is 12.0 Å². The van der Waals surface area contributed by atoms with Gasteiger partial charge in [-0.25, -0.2) is 0 Å². The number of nitrogens with zero attached hydrogens (tertiary/aromatic N) is 1. The maximum atomic E-state index is 12.4. The van der Waals surface area contributed by atoms with Crippen LogP contribution < -0.4 is 10.1 Å². The first-order valence-electron chi connectivity index (χ1n) is 8.26. The van der Waals surface area contributed by atoms with Crippen molar-refractivity contribution in [2.45, 2.75) is 33.8 Å². The summed E-state index contributed by atoms with van der Waals surface area (Å²) in [5, 5.41) is 12.1. The molecule has 0 bridgehead atoms. The zero-order valence-electron chi connectivity index (χ0n) is 15.3. The molecule has 26 heavy (non-hydrogen) atoms. The Labute approximate surface area is 162 Å². The minimum atomic E-state index is -0.436. The third-order valence-corrected chi connectivity index (χ3v) is 4.38. The van der Waals surface area contributed by atoms with Gasteiger partial charge in [-0.05, 0) is 90.7 Å². The Morgan fingerprint density at radius 3 is 2.50 bits per heavy atom. The highest BCUT2D eigenvalue weighted by atomic mass is 79.9. The second kappa shape index (κ2) is 8.68. The summed E-state index contributed by atoms with van der Waals surface area (Å²) in [5.74, 6) is 0.282. The number of carbonyl (C=O) groups is 1. The highest BCUT2D eigenvalue weighted by Crippen LogP contribution is 2.28. The number of rotatable bonds is 5. The van der Waals surface area contributed by atoms with E-state index in [9.17, 15) is 10.1 Å².